The minimum atomic E-state index is -2.46. The molecule has 0 aromatic heterocycles. The largest absolute Gasteiger partial charge is 0.322 e. The summed E-state index contributed by atoms with van der Waals surface area (Å²) < 4.78 is 15.1. The Morgan fingerprint density at radius 2 is 1.65 bits per heavy atom. The van der Waals surface area contributed by atoms with Gasteiger partial charge in [0.25, 0.3) is 0 Å². The first-order valence-electron chi connectivity index (χ1n) is 5.68. The van der Waals surface area contributed by atoms with Gasteiger partial charge in [0.1, 0.15) is 0 Å². The molecule has 0 fully saturated rings. The second kappa shape index (κ2) is 3.75. The van der Waals surface area contributed by atoms with E-state index in [1.165, 1.54) is 5.56 Å². The summed E-state index contributed by atoms with van der Waals surface area (Å²) in [5.41, 5.74) is 2.28. The summed E-state index contributed by atoms with van der Waals surface area (Å²) in [6, 6.07) is 17.9. The summed E-state index contributed by atoms with van der Waals surface area (Å²) in [6.07, 6.45) is 0.643. The number of benzene rings is 2. The standard InChI is InChI=1S/C14H14NOP/c1-15-14-10-6-5-7-12(14)11-17(15,16)13-8-3-2-4-9-13/h2-10H,11H2,1H3. The summed E-state index contributed by atoms with van der Waals surface area (Å²) >= 11 is 0. The van der Waals surface area contributed by atoms with E-state index in [0.29, 0.717) is 6.16 Å². The van der Waals surface area contributed by atoms with Gasteiger partial charge in [-0.15, -0.1) is 0 Å². The predicted molar refractivity (Wildman–Crippen MR) is 72.2 cm³/mol. The molecule has 1 aliphatic heterocycles. The molecule has 0 saturated carbocycles. The lowest BCUT2D eigenvalue weighted by atomic mass is 10.2. The summed E-state index contributed by atoms with van der Waals surface area (Å²) in [4.78, 5) is 0. The molecule has 86 valence electrons. The van der Waals surface area contributed by atoms with E-state index in [2.05, 4.69) is 6.07 Å². The van der Waals surface area contributed by atoms with E-state index in [4.69, 9.17) is 0 Å². The number of para-hydroxylation sites is 1. The van der Waals surface area contributed by atoms with Gasteiger partial charge in [-0.2, -0.15) is 0 Å². The van der Waals surface area contributed by atoms with Crippen molar-refractivity contribution >= 4 is 18.3 Å². The Labute approximate surface area is 101 Å². The van der Waals surface area contributed by atoms with Crippen LogP contribution in [0.2, 0.25) is 0 Å². The maximum atomic E-state index is 13.1. The van der Waals surface area contributed by atoms with Crippen LogP contribution in [0.4, 0.5) is 5.69 Å². The Morgan fingerprint density at radius 3 is 2.35 bits per heavy atom. The van der Waals surface area contributed by atoms with E-state index in [9.17, 15) is 4.57 Å². The van der Waals surface area contributed by atoms with Crippen LogP contribution in [0, 0.1) is 0 Å². The molecule has 2 aromatic rings. The van der Waals surface area contributed by atoms with Crippen molar-refractivity contribution in [2.45, 2.75) is 6.16 Å². The van der Waals surface area contributed by atoms with Crippen molar-refractivity contribution in [1.29, 1.82) is 0 Å². The van der Waals surface area contributed by atoms with Gasteiger partial charge >= 0.3 is 0 Å². The highest BCUT2D eigenvalue weighted by Crippen LogP contribution is 2.59. The van der Waals surface area contributed by atoms with Crippen LogP contribution >= 0.6 is 7.29 Å². The number of rotatable bonds is 1. The molecule has 0 amide bonds. The molecule has 0 aliphatic carbocycles. The summed E-state index contributed by atoms with van der Waals surface area (Å²) in [6.45, 7) is 0. The van der Waals surface area contributed by atoms with Gasteiger partial charge < -0.3 is 4.67 Å². The fraction of sp³-hybridized carbons (Fsp3) is 0.143. The molecule has 0 N–H and O–H groups in total. The van der Waals surface area contributed by atoms with Crippen LogP contribution < -0.4 is 9.97 Å². The van der Waals surface area contributed by atoms with Crippen molar-refractivity contribution in [2.24, 2.45) is 0 Å². The van der Waals surface area contributed by atoms with Crippen LogP contribution in [0.3, 0.4) is 0 Å². The number of fused-ring (bicyclic) bond motifs is 1. The van der Waals surface area contributed by atoms with Gasteiger partial charge in [0, 0.05) is 18.0 Å². The molecule has 1 atom stereocenters. The highest BCUT2D eigenvalue weighted by molar-refractivity contribution is 7.72. The summed E-state index contributed by atoms with van der Waals surface area (Å²) in [7, 11) is -0.532. The van der Waals surface area contributed by atoms with Gasteiger partial charge in [0.05, 0.1) is 6.16 Å². The van der Waals surface area contributed by atoms with Gasteiger partial charge in [0.15, 0.2) is 0 Å². The maximum absolute atomic E-state index is 13.1. The molecule has 3 heteroatoms. The molecule has 1 unspecified atom stereocenters. The molecule has 0 spiro atoms. The quantitative estimate of drug-likeness (QED) is 0.717. The predicted octanol–water partition coefficient (Wildman–Crippen LogP) is 3.24. The zero-order valence-corrected chi connectivity index (χ0v) is 10.6. The van der Waals surface area contributed by atoms with E-state index in [1.54, 1.807) is 0 Å². The lowest BCUT2D eigenvalue weighted by Gasteiger charge is -2.23. The number of hydrogen-bond acceptors (Lipinski definition) is 1. The second-order valence-electron chi connectivity index (χ2n) is 4.35. The molecule has 3 rings (SSSR count). The van der Waals surface area contributed by atoms with Crippen molar-refractivity contribution in [3.63, 3.8) is 0 Å². The van der Waals surface area contributed by atoms with Crippen LogP contribution in [-0.4, -0.2) is 7.05 Å². The first kappa shape index (κ1) is 10.6. The van der Waals surface area contributed by atoms with E-state index in [1.807, 2.05) is 60.2 Å². The van der Waals surface area contributed by atoms with E-state index >= 15 is 0 Å². The summed E-state index contributed by atoms with van der Waals surface area (Å²) in [5.74, 6) is 0. The Hall–Kier alpha value is -1.53. The average molecular weight is 243 g/mol. The molecular weight excluding hydrogens is 229 g/mol. The average Bonchev–Trinajstić information content (AvgIpc) is 2.65. The SMILES string of the molecule is CN1c2ccccc2CP1(=O)c1ccccc1. The molecule has 2 aromatic carbocycles. The Kier molecular flexibility index (Phi) is 2.34. The van der Waals surface area contributed by atoms with Crippen molar-refractivity contribution in [1.82, 2.24) is 0 Å². The topological polar surface area (TPSA) is 20.3 Å². The Balaban J connectivity index is 2.12. The molecule has 2 nitrogen and oxygen atoms in total. The molecule has 0 radical (unpaired) electrons. The lowest BCUT2D eigenvalue weighted by molar-refractivity contribution is 0.581. The minimum absolute atomic E-state index is 0.643. The van der Waals surface area contributed by atoms with Crippen LogP contribution in [0.25, 0.3) is 0 Å². The number of anilines is 1. The zero-order valence-electron chi connectivity index (χ0n) is 9.71. The smallest absolute Gasteiger partial charge is 0.205 e. The monoisotopic (exact) mass is 243 g/mol. The van der Waals surface area contributed by atoms with Gasteiger partial charge in [-0.05, 0) is 23.8 Å². The van der Waals surface area contributed by atoms with E-state index in [0.717, 1.165) is 11.0 Å². The van der Waals surface area contributed by atoms with E-state index < -0.39 is 7.29 Å². The van der Waals surface area contributed by atoms with Crippen molar-refractivity contribution in [3.8, 4) is 0 Å². The Bertz CT molecular complexity index is 594. The van der Waals surface area contributed by atoms with Crippen LogP contribution in [0.15, 0.2) is 54.6 Å². The van der Waals surface area contributed by atoms with Gasteiger partial charge in [-0.1, -0.05) is 36.4 Å². The highest BCUT2D eigenvalue weighted by atomic mass is 31.2. The Morgan fingerprint density at radius 1 is 1.00 bits per heavy atom. The fourth-order valence-corrected chi connectivity index (χ4v) is 5.05. The highest BCUT2D eigenvalue weighted by Gasteiger charge is 2.37. The van der Waals surface area contributed by atoms with Crippen LogP contribution in [0.1, 0.15) is 5.56 Å². The van der Waals surface area contributed by atoms with Crippen LogP contribution in [0.5, 0.6) is 0 Å². The maximum Gasteiger partial charge on any atom is 0.205 e. The molecule has 0 saturated heterocycles. The molecule has 1 aliphatic rings. The minimum Gasteiger partial charge on any atom is -0.322 e. The second-order valence-corrected chi connectivity index (χ2v) is 7.18. The van der Waals surface area contributed by atoms with Crippen molar-refractivity contribution < 1.29 is 4.57 Å². The lowest BCUT2D eigenvalue weighted by Crippen LogP contribution is -2.17. The third kappa shape index (κ3) is 1.52. The fourth-order valence-electron chi connectivity index (χ4n) is 2.40. The third-order valence-corrected chi connectivity index (χ3v) is 6.43. The van der Waals surface area contributed by atoms with E-state index in [-0.39, 0.29) is 0 Å². The van der Waals surface area contributed by atoms with Crippen molar-refractivity contribution in [2.75, 3.05) is 11.7 Å². The summed E-state index contributed by atoms with van der Waals surface area (Å²) in [5, 5.41) is 0.943. The van der Waals surface area contributed by atoms with Crippen LogP contribution in [-0.2, 0) is 10.7 Å². The van der Waals surface area contributed by atoms with Gasteiger partial charge in [-0.25, -0.2) is 0 Å². The van der Waals surface area contributed by atoms with Gasteiger partial charge in [0.2, 0.25) is 7.29 Å². The first-order chi connectivity index (χ1) is 8.22. The molecule has 1 heterocycles. The number of hydrogen-bond donors (Lipinski definition) is 0. The first-order valence-corrected chi connectivity index (χ1v) is 7.53. The number of nitrogens with zero attached hydrogens (tertiary/aromatic N) is 1. The molecule has 17 heavy (non-hydrogen) atoms. The van der Waals surface area contributed by atoms with Crippen molar-refractivity contribution in [3.05, 3.63) is 60.2 Å². The van der Waals surface area contributed by atoms with Gasteiger partial charge in [-0.3, -0.25) is 4.57 Å². The normalized spacial score (nSPS) is 22.5. The molecular formula is C14H14NOP. The zero-order chi connectivity index (χ0) is 11.9. The molecule has 0 bridgehead atoms. The third-order valence-electron chi connectivity index (χ3n) is 3.37.